The molecule has 4 rings (SSSR count). The molecule has 1 fully saturated rings. The Morgan fingerprint density at radius 1 is 1.26 bits per heavy atom. The summed E-state index contributed by atoms with van der Waals surface area (Å²) in [6, 6.07) is 3.96. The molecule has 2 aliphatic heterocycles. The van der Waals surface area contributed by atoms with Crippen LogP contribution in [0.5, 0.6) is 0 Å². The third-order valence-electron chi connectivity index (χ3n) is 9.41. The number of nitrogens with zero attached hydrogens (tertiary/aromatic N) is 4. The number of rotatable bonds is 12. The molecule has 0 aromatic carbocycles. The van der Waals surface area contributed by atoms with Gasteiger partial charge in [0.1, 0.15) is 11.9 Å². The van der Waals surface area contributed by atoms with Crippen LogP contribution >= 0.6 is 0 Å². The van der Waals surface area contributed by atoms with Crippen LogP contribution in [0.4, 0.5) is 13.2 Å². The molecule has 2 aliphatic rings. The number of methoxy groups -OCH3 is 1. The third-order valence-corrected chi connectivity index (χ3v) is 9.41. The van der Waals surface area contributed by atoms with Gasteiger partial charge < -0.3 is 19.8 Å². The summed E-state index contributed by atoms with van der Waals surface area (Å²) in [5.41, 5.74) is 6.27. The summed E-state index contributed by atoms with van der Waals surface area (Å²) < 4.78 is 46.8. The normalized spacial score (nSPS) is 19.4. The second-order valence-corrected chi connectivity index (χ2v) is 12.7. The molecule has 2 atom stereocenters. The second kappa shape index (κ2) is 15.3. The summed E-state index contributed by atoms with van der Waals surface area (Å²) in [4.78, 5) is 34.0. The lowest BCUT2D eigenvalue weighted by molar-refractivity contribution is -0.148. The standard InChI is InChI=1S/C35H47F3N6O3/c1-22(39-4)16-31(47-7)27(20-45)19-41-34(46)29-18-30-28(26-8-12-40-32(17-26)42(5)6)11-15-44(30)33(24(29)3)23(2)25-9-13-43(14-10-25)21-35(36,37)38/h8,11-12,15-16,18,20,23,25,32,39H,9-10,13-14,17,19,21H2,1-7H3,(H,41,46)/b22-16-,31-27+. The summed E-state index contributed by atoms with van der Waals surface area (Å²) in [7, 11) is 7.21. The molecule has 9 nitrogen and oxygen atoms in total. The SMILES string of the molecule is CN/C(C)=C\C(OC)=C(/C=O)CNC(=O)c1cc2c(C3=CC=NC(N(C)C)C3)ccn2c(C(C)C2CCN(CC(F)(F)F)CC2)c1C. The van der Waals surface area contributed by atoms with Gasteiger partial charge in [0.05, 0.1) is 24.7 Å². The van der Waals surface area contributed by atoms with Crippen LogP contribution in [0.1, 0.15) is 66.2 Å². The number of allylic oxidation sites excluding steroid dienone is 3. The predicted octanol–water partition coefficient (Wildman–Crippen LogP) is 5.32. The molecule has 256 valence electrons. The van der Waals surface area contributed by atoms with Gasteiger partial charge in [0, 0.05) is 54.9 Å². The summed E-state index contributed by atoms with van der Waals surface area (Å²) in [6.45, 7) is 5.68. The van der Waals surface area contributed by atoms with Gasteiger partial charge >= 0.3 is 6.18 Å². The lowest BCUT2D eigenvalue weighted by atomic mass is 9.81. The molecule has 2 aromatic rings. The van der Waals surface area contributed by atoms with E-state index in [0.717, 1.165) is 33.6 Å². The number of nitrogens with one attached hydrogen (secondary N) is 2. The van der Waals surface area contributed by atoms with Crippen molar-refractivity contribution in [3.8, 4) is 0 Å². The van der Waals surface area contributed by atoms with Gasteiger partial charge in [0.15, 0.2) is 6.29 Å². The van der Waals surface area contributed by atoms with Crippen molar-refractivity contribution < 1.29 is 27.5 Å². The first-order chi connectivity index (χ1) is 22.3. The van der Waals surface area contributed by atoms with E-state index < -0.39 is 12.7 Å². The van der Waals surface area contributed by atoms with Crippen molar-refractivity contribution in [2.24, 2.45) is 10.9 Å². The number of alkyl halides is 3. The zero-order chi connectivity index (χ0) is 34.5. The van der Waals surface area contributed by atoms with E-state index in [-0.39, 0.29) is 36.0 Å². The van der Waals surface area contributed by atoms with Gasteiger partial charge in [-0.15, -0.1) is 0 Å². The highest BCUT2D eigenvalue weighted by Crippen LogP contribution is 2.38. The highest BCUT2D eigenvalue weighted by molar-refractivity contribution is 5.99. The van der Waals surface area contributed by atoms with Gasteiger partial charge in [-0.3, -0.25) is 24.4 Å². The summed E-state index contributed by atoms with van der Waals surface area (Å²) in [5, 5.41) is 5.92. The number of aliphatic imine (C=N–C) groups is 1. The van der Waals surface area contributed by atoms with Crippen LogP contribution in [0.25, 0.3) is 11.1 Å². The summed E-state index contributed by atoms with van der Waals surface area (Å²) >= 11 is 0. The molecule has 12 heteroatoms. The number of hydrogen-bond donors (Lipinski definition) is 2. The number of halogens is 3. The Bertz CT molecular complexity index is 1580. The van der Waals surface area contributed by atoms with E-state index in [1.165, 1.54) is 12.0 Å². The molecule has 2 aromatic heterocycles. The Hall–Kier alpha value is -3.90. The van der Waals surface area contributed by atoms with Crippen molar-refractivity contribution in [1.29, 1.82) is 0 Å². The van der Waals surface area contributed by atoms with Gasteiger partial charge in [-0.25, -0.2) is 0 Å². The summed E-state index contributed by atoms with van der Waals surface area (Å²) in [5.74, 6) is 0.122. The largest absolute Gasteiger partial charge is 0.496 e. The lowest BCUT2D eigenvalue weighted by Gasteiger charge is -2.36. The van der Waals surface area contributed by atoms with Crippen LogP contribution in [-0.4, -0.2) is 99.4 Å². The zero-order valence-corrected chi connectivity index (χ0v) is 28.4. The predicted molar refractivity (Wildman–Crippen MR) is 180 cm³/mol. The molecular formula is C35H47F3N6O3. The smallest absolute Gasteiger partial charge is 0.401 e. The van der Waals surface area contributed by atoms with Crippen molar-refractivity contribution in [2.45, 2.75) is 58.3 Å². The molecule has 0 bridgehead atoms. The number of pyridine rings is 1. The number of aromatic nitrogens is 1. The average Bonchev–Trinajstić information content (AvgIpc) is 3.46. The van der Waals surface area contributed by atoms with Crippen LogP contribution in [0, 0.1) is 12.8 Å². The van der Waals surface area contributed by atoms with E-state index in [4.69, 9.17) is 4.74 Å². The van der Waals surface area contributed by atoms with Gasteiger partial charge in [-0.05, 0) is 101 Å². The highest BCUT2D eigenvalue weighted by Gasteiger charge is 2.35. The number of hydrogen-bond acceptors (Lipinski definition) is 7. The van der Waals surface area contributed by atoms with E-state index in [1.807, 2.05) is 52.5 Å². The molecule has 1 saturated heterocycles. The number of carbonyl (C=O) groups is 2. The Kier molecular flexibility index (Phi) is 11.7. The minimum atomic E-state index is -4.22. The van der Waals surface area contributed by atoms with E-state index in [9.17, 15) is 22.8 Å². The number of fused-ring (bicyclic) bond motifs is 1. The highest BCUT2D eigenvalue weighted by atomic mass is 19.4. The molecule has 47 heavy (non-hydrogen) atoms. The quantitative estimate of drug-likeness (QED) is 0.139. The maximum atomic E-state index is 13.9. The van der Waals surface area contributed by atoms with Crippen LogP contribution in [-0.2, 0) is 9.53 Å². The Morgan fingerprint density at radius 3 is 2.55 bits per heavy atom. The first kappa shape index (κ1) is 35.9. The van der Waals surface area contributed by atoms with Gasteiger partial charge in [0.25, 0.3) is 5.91 Å². The molecule has 0 aliphatic carbocycles. The first-order valence-electron chi connectivity index (χ1n) is 16.0. The van der Waals surface area contributed by atoms with Crippen LogP contribution < -0.4 is 10.6 Å². The molecule has 0 saturated carbocycles. The second-order valence-electron chi connectivity index (χ2n) is 12.7. The number of carbonyl (C=O) groups excluding carboxylic acids is 2. The van der Waals surface area contributed by atoms with Crippen LogP contribution in [0.15, 0.2) is 52.5 Å². The Balaban J connectivity index is 1.74. The number of aldehydes is 1. The average molecular weight is 657 g/mol. The molecule has 1 amide bonds. The van der Waals surface area contributed by atoms with Crippen LogP contribution in [0.3, 0.4) is 0 Å². The topological polar surface area (TPSA) is 90.7 Å². The Morgan fingerprint density at radius 2 is 1.96 bits per heavy atom. The van der Waals surface area contributed by atoms with E-state index in [2.05, 4.69) is 37.9 Å². The lowest BCUT2D eigenvalue weighted by Crippen LogP contribution is -2.41. The van der Waals surface area contributed by atoms with Gasteiger partial charge in [-0.1, -0.05) is 6.92 Å². The van der Waals surface area contributed by atoms with Crippen molar-refractivity contribution in [2.75, 3.05) is 54.4 Å². The fourth-order valence-electron chi connectivity index (χ4n) is 6.60. The maximum Gasteiger partial charge on any atom is 0.401 e. The molecule has 0 radical (unpaired) electrons. The van der Waals surface area contributed by atoms with Crippen LogP contribution in [0.2, 0.25) is 0 Å². The number of dihydropyridines is 1. The molecular weight excluding hydrogens is 609 g/mol. The number of ether oxygens (including phenoxy) is 1. The molecule has 4 heterocycles. The fraction of sp³-hybridized carbons (Fsp3) is 0.514. The van der Waals surface area contributed by atoms with E-state index in [1.54, 1.807) is 13.1 Å². The minimum absolute atomic E-state index is 0.0115. The Labute approximate surface area is 275 Å². The number of likely N-dealkylation sites (tertiary alicyclic amines) is 1. The van der Waals surface area contributed by atoms with Crippen molar-refractivity contribution >= 4 is 29.5 Å². The monoisotopic (exact) mass is 656 g/mol. The third kappa shape index (κ3) is 8.53. The maximum absolute atomic E-state index is 13.9. The zero-order valence-electron chi connectivity index (χ0n) is 28.4. The summed E-state index contributed by atoms with van der Waals surface area (Å²) in [6.07, 6.45) is 5.94. The van der Waals surface area contributed by atoms with Crippen molar-refractivity contribution in [1.82, 2.24) is 24.8 Å². The number of amides is 1. The van der Waals surface area contributed by atoms with E-state index >= 15 is 0 Å². The van der Waals surface area contributed by atoms with E-state index in [0.29, 0.717) is 50.0 Å². The molecule has 2 unspecified atom stereocenters. The fourth-order valence-corrected chi connectivity index (χ4v) is 6.60. The molecule has 2 N–H and O–H groups in total. The van der Waals surface area contributed by atoms with Gasteiger partial charge in [0.2, 0.25) is 0 Å². The van der Waals surface area contributed by atoms with Crippen molar-refractivity contribution in [3.05, 3.63) is 69.9 Å². The van der Waals surface area contributed by atoms with Gasteiger partial charge in [-0.2, -0.15) is 13.2 Å². The van der Waals surface area contributed by atoms with Crippen molar-refractivity contribution in [3.63, 3.8) is 0 Å². The number of piperidine rings is 1. The first-order valence-corrected chi connectivity index (χ1v) is 16.0. The molecule has 0 spiro atoms. The minimum Gasteiger partial charge on any atom is -0.496 e.